The smallest absolute Gasteiger partial charge is 0.227 e. The average molecular weight is 426 g/mol. The summed E-state index contributed by atoms with van der Waals surface area (Å²) in [7, 11) is -1.67. The summed E-state index contributed by atoms with van der Waals surface area (Å²) in [5.74, 6) is -1.06. The van der Waals surface area contributed by atoms with Crippen molar-refractivity contribution < 1.29 is 21.9 Å². The van der Waals surface area contributed by atoms with Crippen LogP contribution in [0.5, 0.6) is 0 Å². The second-order valence-corrected chi connectivity index (χ2v) is 9.80. The molecule has 0 amide bonds. The first-order valence-electron chi connectivity index (χ1n) is 9.54. The minimum absolute atomic E-state index is 0.00376. The summed E-state index contributed by atoms with van der Waals surface area (Å²) < 4.78 is 59.5. The lowest BCUT2D eigenvalue weighted by molar-refractivity contribution is -0.0535. The van der Waals surface area contributed by atoms with Gasteiger partial charge in [-0.3, -0.25) is 4.90 Å². The summed E-state index contributed by atoms with van der Waals surface area (Å²) in [5.41, 5.74) is 8.00. The van der Waals surface area contributed by atoms with Gasteiger partial charge in [-0.25, -0.2) is 22.2 Å². The summed E-state index contributed by atoms with van der Waals surface area (Å²) in [6.45, 7) is 2.96. The molecule has 1 fully saturated rings. The van der Waals surface area contributed by atoms with Crippen LogP contribution in [0.15, 0.2) is 23.4 Å². The number of sulfone groups is 1. The van der Waals surface area contributed by atoms with E-state index < -0.39 is 33.6 Å². The molecular weight excluding hydrogens is 402 g/mol. The van der Waals surface area contributed by atoms with Crippen molar-refractivity contribution in [3.63, 3.8) is 0 Å². The van der Waals surface area contributed by atoms with E-state index in [9.17, 15) is 17.2 Å². The molecular formula is C19H24F2N4O3S. The van der Waals surface area contributed by atoms with Crippen molar-refractivity contribution in [2.45, 2.75) is 49.8 Å². The number of imidazole rings is 1. The topological polar surface area (TPSA) is 90.5 Å². The van der Waals surface area contributed by atoms with E-state index in [1.165, 1.54) is 0 Å². The first kappa shape index (κ1) is 20.4. The third kappa shape index (κ3) is 3.58. The van der Waals surface area contributed by atoms with E-state index in [1.54, 1.807) is 18.5 Å². The van der Waals surface area contributed by atoms with Gasteiger partial charge in [0.05, 0.1) is 23.7 Å². The summed E-state index contributed by atoms with van der Waals surface area (Å²) >= 11 is 0. The average Bonchev–Trinajstić information content (AvgIpc) is 3.24. The van der Waals surface area contributed by atoms with Crippen molar-refractivity contribution in [2.75, 3.05) is 12.4 Å². The number of nitrogens with zero attached hydrogens (tertiary/aromatic N) is 3. The molecule has 4 rings (SSSR count). The largest absolute Gasteiger partial charge is 0.370 e. The van der Waals surface area contributed by atoms with Crippen molar-refractivity contribution in [3.8, 4) is 0 Å². The third-order valence-corrected chi connectivity index (χ3v) is 7.48. The SMILES string of the molecule is CCS(=O)(=O)c1nc2c(n1C)CN([C@H]1CO[C@H](c3cc(F)ccc3F)[C@@H](N)C1)C2. The molecule has 0 saturated carbocycles. The lowest BCUT2D eigenvalue weighted by Gasteiger charge is -2.38. The van der Waals surface area contributed by atoms with Crippen LogP contribution in [0.2, 0.25) is 0 Å². The van der Waals surface area contributed by atoms with Crippen LogP contribution in [0.25, 0.3) is 0 Å². The summed E-state index contributed by atoms with van der Waals surface area (Å²) in [6, 6.07) is 2.77. The monoisotopic (exact) mass is 426 g/mol. The Hall–Kier alpha value is -1.88. The number of benzene rings is 1. The Bertz CT molecular complexity index is 1040. The minimum atomic E-state index is -3.38. The summed E-state index contributed by atoms with van der Waals surface area (Å²) in [5, 5.41) is 0.0999. The van der Waals surface area contributed by atoms with Crippen LogP contribution < -0.4 is 5.73 Å². The number of fused-ring (bicyclic) bond motifs is 1. The molecule has 29 heavy (non-hydrogen) atoms. The zero-order chi connectivity index (χ0) is 20.9. The van der Waals surface area contributed by atoms with Crippen LogP contribution in [0.3, 0.4) is 0 Å². The zero-order valence-electron chi connectivity index (χ0n) is 16.3. The number of hydrogen-bond acceptors (Lipinski definition) is 6. The normalized spacial score (nSPS) is 25.3. The van der Waals surface area contributed by atoms with Crippen LogP contribution in [-0.2, 0) is 34.7 Å². The van der Waals surface area contributed by atoms with Gasteiger partial charge in [0.1, 0.15) is 17.7 Å². The lowest BCUT2D eigenvalue weighted by atomic mass is 9.93. The van der Waals surface area contributed by atoms with E-state index in [2.05, 4.69) is 9.88 Å². The number of aromatic nitrogens is 2. The molecule has 0 unspecified atom stereocenters. The highest BCUT2D eigenvalue weighted by atomic mass is 32.2. The molecule has 7 nitrogen and oxygen atoms in total. The molecule has 0 aliphatic carbocycles. The summed E-state index contributed by atoms with van der Waals surface area (Å²) in [6.07, 6.45) is -0.152. The molecule has 2 aromatic rings. The van der Waals surface area contributed by atoms with E-state index in [1.807, 2.05) is 0 Å². The van der Waals surface area contributed by atoms with Crippen molar-refractivity contribution in [1.29, 1.82) is 0 Å². The van der Waals surface area contributed by atoms with E-state index in [0.717, 1.165) is 29.6 Å². The van der Waals surface area contributed by atoms with E-state index >= 15 is 0 Å². The van der Waals surface area contributed by atoms with Gasteiger partial charge in [-0.05, 0) is 24.6 Å². The second kappa shape index (κ2) is 7.42. The van der Waals surface area contributed by atoms with Crippen LogP contribution in [0.1, 0.15) is 36.4 Å². The quantitative estimate of drug-likeness (QED) is 0.800. The zero-order valence-corrected chi connectivity index (χ0v) is 17.1. The Morgan fingerprint density at radius 3 is 2.72 bits per heavy atom. The molecule has 3 heterocycles. The standard InChI is InChI=1S/C19H24F2N4O3S/c1-3-29(26,27)19-23-16-8-25(9-17(16)24(19)2)12-7-15(22)18(28-10-12)13-6-11(20)4-5-14(13)21/h4-6,12,15,18H,3,7-10,22H2,1-2H3/t12-,15+,18-/m1/s1. The number of ether oxygens (including phenoxy) is 1. The molecule has 2 aliphatic heterocycles. The van der Waals surface area contributed by atoms with E-state index in [-0.39, 0.29) is 22.5 Å². The molecule has 10 heteroatoms. The van der Waals surface area contributed by atoms with Gasteiger partial charge in [0, 0.05) is 37.8 Å². The maximum Gasteiger partial charge on any atom is 0.227 e. The molecule has 1 aromatic heterocycles. The first-order valence-corrected chi connectivity index (χ1v) is 11.2. The Morgan fingerprint density at radius 2 is 2.07 bits per heavy atom. The highest BCUT2D eigenvalue weighted by molar-refractivity contribution is 7.91. The second-order valence-electron chi connectivity index (χ2n) is 7.63. The van der Waals surface area contributed by atoms with Gasteiger partial charge in [0.15, 0.2) is 0 Å². The molecule has 2 N–H and O–H groups in total. The Balaban J connectivity index is 1.47. The maximum atomic E-state index is 14.1. The molecule has 0 spiro atoms. The van der Waals surface area contributed by atoms with Gasteiger partial charge < -0.3 is 15.0 Å². The van der Waals surface area contributed by atoms with Crippen LogP contribution in [0.4, 0.5) is 8.78 Å². The molecule has 2 aliphatic rings. The number of halogens is 2. The van der Waals surface area contributed by atoms with Crippen LogP contribution >= 0.6 is 0 Å². The molecule has 3 atom stereocenters. The van der Waals surface area contributed by atoms with Crippen molar-refractivity contribution in [1.82, 2.24) is 14.5 Å². The minimum Gasteiger partial charge on any atom is -0.370 e. The predicted octanol–water partition coefficient (Wildman–Crippen LogP) is 1.66. The van der Waals surface area contributed by atoms with Crippen molar-refractivity contribution >= 4 is 9.84 Å². The molecule has 0 radical (unpaired) electrons. The van der Waals surface area contributed by atoms with Crippen molar-refractivity contribution in [3.05, 3.63) is 46.8 Å². The Morgan fingerprint density at radius 1 is 1.31 bits per heavy atom. The fourth-order valence-electron chi connectivity index (χ4n) is 4.15. The Kier molecular flexibility index (Phi) is 5.22. The molecule has 1 aromatic carbocycles. The van der Waals surface area contributed by atoms with Gasteiger partial charge in [-0.2, -0.15) is 0 Å². The molecule has 1 saturated heterocycles. The fraction of sp³-hybridized carbons (Fsp3) is 0.526. The predicted molar refractivity (Wildman–Crippen MR) is 102 cm³/mol. The van der Waals surface area contributed by atoms with Crippen LogP contribution in [0, 0.1) is 11.6 Å². The number of rotatable bonds is 4. The highest BCUT2D eigenvalue weighted by Crippen LogP contribution is 2.34. The van der Waals surface area contributed by atoms with Gasteiger partial charge in [0.25, 0.3) is 0 Å². The van der Waals surface area contributed by atoms with Crippen molar-refractivity contribution in [2.24, 2.45) is 12.8 Å². The van der Waals surface area contributed by atoms with Gasteiger partial charge in [-0.15, -0.1) is 0 Å². The van der Waals surface area contributed by atoms with E-state index in [0.29, 0.717) is 26.1 Å². The third-order valence-electron chi connectivity index (χ3n) is 5.80. The summed E-state index contributed by atoms with van der Waals surface area (Å²) in [4.78, 5) is 6.49. The number of nitrogens with two attached hydrogens (primary N) is 1. The first-order chi connectivity index (χ1) is 13.7. The Labute approximate surface area is 168 Å². The molecule has 158 valence electrons. The number of hydrogen-bond donors (Lipinski definition) is 1. The maximum absolute atomic E-state index is 14.1. The van der Waals surface area contributed by atoms with Crippen LogP contribution in [-0.4, -0.2) is 47.3 Å². The van der Waals surface area contributed by atoms with Gasteiger partial charge in [-0.1, -0.05) is 6.92 Å². The fourth-order valence-corrected chi connectivity index (χ4v) is 5.18. The van der Waals surface area contributed by atoms with E-state index in [4.69, 9.17) is 10.5 Å². The highest BCUT2D eigenvalue weighted by Gasteiger charge is 2.38. The van der Waals surface area contributed by atoms with Gasteiger partial charge in [0.2, 0.25) is 15.0 Å². The lowest BCUT2D eigenvalue weighted by Crippen LogP contribution is -2.47. The molecule has 0 bridgehead atoms. The van der Waals surface area contributed by atoms with Gasteiger partial charge >= 0.3 is 0 Å².